The average Bonchev–Trinajstić information content (AvgIpc) is 3.18. The number of benzene rings is 1. The first-order chi connectivity index (χ1) is 12.8. The molecule has 2 atom stereocenters. The van der Waals surface area contributed by atoms with E-state index in [4.69, 9.17) is 0 Å². The molecule has 1 aromatic rings. The lowest BCUT2D eigenvalue weighted by molar-refractivity contribution is -0.149. The molecule has 3 rings (SSSR count). The molecular weight excluding hydrogens is 346 g/mol. The molecule has 7 nitrogen and oxygen atoms in total. The van der Waals surface area contributed by atoms with Crippen molar-refractivity contribution in [1.82, 2.24) is 10.2 Å². The van der Waals surface area contributed by atoms with Gasteiger partial charge in [-0.05, 0) is 48.9 Å². The van der Waals surface area contributed by atoms with Gasteiger partial charge >= 0.3 is 12.0 Å². The summed E-state index contributed by atoms with van der Waals surface area (Å²) in [7, 11) is 0. The van der Waals surface area contributed by atoms with Gasteiger partial charge in [-0.2, -0.15) is 0 Å². The van der Waals surface area contributed by atoms with E-state index in [1.54, 1.807) is 29.2 Å². The lowest BCUT2D eigenvalue weighted by Gasteiger charge is -2.23. The second-order valence-electron chi connectivity index (χ2n) is 8.04. The van der Waals surface area contributed by atoms with Crippen molar-refractivity contribution in [3.05, 3.63) is 29.8 Å². The Morgan fingerprint density at radius 3 is 2.56 bits per heavy atom. The monoisotopic (exact) mass is 373 g/mol. The molecule has 0 aromatic heterocycles. The summed E-state index contributed by atoms with van der Waals surface area (Å²) in [6.07, 6.45) is 2.40. The Morgan fingerprint density at radius 1 is 1.26 bits per heavy atom. The summed E-state index contributed by atoms with van der Waals surface area (Å²) in [6, 6.07) is 6.42. The van der Waals surface area contributed by atoms with Gasteiger partial charge in [-0.3, -0.25) is 9.59 Å². The number of carbonyl (C=O) groups excluding carboxylic acids is 2. The van der Waals surface area contributed by atoms with Gasteiger partial charge in [0.1, 0.15) is 0 Å². The highest BCUT2D eigenvalue weighted by molar-refractivity contribution is 5.95. The number of carboxylic acids is 1. The first-order valence-electron chi connectivity index (χ1n) is 9.49. The van der Waals surface area contributed by atoms with Gasteiger partial charge in [-0.15, -0.1) is 0 Å². The minimum absolute atomic E-state index is 0.0350. The number of fused-ring (bicyclic) bond motifs is 1. The average molecular weight is 373 g/mol. The van der Waals surface area contributed by atoms with Crippen molar-refractivity contribution < 1.29 is 19.5 Å². The summed E-state index contributed by atoms with van der Waals surface area (Å²) < 4.78 is 0. The zero-order valence-electron chi connectivity index (χ0n) is 15.8. The van der Waals surface area contributed by atoms with Gasteiger partial charge in [0, 0.05) is 30.9 Å². The number of likely N-dealkylation sites (tertiary alicyclic amines) is 1. The number of nitrogens with one attached hydrogen (secondary N) is 2. The molecule has 0 spiro atoms. The van der Waals surface area contributed by atoms with Crippen molar-refractivity contribution >= 4 is 23.6 Å². The van der Waals surface area contributed by atoms with Gasteiger partial charge in [-0.25, -0.2) is 4.79 Å². The molecule has 2 aliphatic rings. The number of carboxylic acid groups (broad SMARTS) is 1. The lowest BCUT2D eigenvalue weighted by atomic mass is 9.81. The Morgan fingerprint density at radius 2 is 1.96 bits per heavy atom. The number of rotatable bonds is 5. The zero-order valence-corrected chi connectivity index (χ0v) is 15.8. The van der Waals surface area contributed by atoms with Crippen molar-refractivity contribution in [3.8, 4) is 0 Å². The molecule has 1 aliphatic heterocycles. The van der Waals surface area contributed by atoms with E-state index in [2.05, 4.69) is 10.6 Å². The number of hydrogen-bond donors (Lipinski definition) is 3. The number of anilines is 1. The fraction of sp³-hybridized carbons (Fsp3) is 0.550. The van der Waals surface area contributed by atoms with E-state index in [1.165, 1.54) is 0 Å². The highest BCUT2D eigenvalue weighted by atomic mass is 16.4. The van der Waals surface area contributed by atoms with E-state index in [0.717, 1.165) is 12.8 Å². The summed E-state index contributed by atoms with van der Waals surface area (Å²) in [5.74, 6) is -0.524. The maximum atomic E-state index is 12.5. The van der Waals surface area contributed by atoms with Crippen LogP contribution in [0.15, 0.2) is 24.3 Å². The highest BCUT2D eigenvalue weighted by Gasteiger charge is 2.55. The number of aliphatic carboxylic acids is 1. The van der Waals surface area contributed by atoms with Gasteiger partial charge in [0.15, 0.2) is 0 Å². The van der Waals surface area contributed by atoms with Crippen LogP contribution in [0.3, 0.4) is 0 Å². The normalized spacial score (nSPS) is 24.0. The Kier molecular flexibility index (Phi) is 5.39. The molecule has 0 unspecified atom stereocenters. The number of carbonyl (C=O) groups is 3. The van der Waals surface area contributed by atoms with E-state index >= 15 is 0 Å². The first kappa shape index (κ1) is 19.2. The molecule has 146 valence electrons. The fourth-order valence-electron chi connectivity index (χ4n) is 4.10. The first-order valence-corrected chi connectivity index (χ1v) is 9.49. The maximum absolute atomic E-state index is 12.5. The van der Waals surface area contributed by atoms with Gasteiger partial charge < -0.3 is 20.6 Å². The summed E-state index contributed by atoms with van der Waals surface area (Å²) in [5, 5.41) is 15.3. The lowest BCUT2D eigenvalue weighted by Crippen LogP contribution is -2.38. The summed E-state index contributed by atoms with van der Waals surface area (Å²) in [5.41, 5.74) is 0.339. The molecule has 1 aromatic carbocycles. The Balaban J connectivity index is 1.59. The number of hydrogen-bond acceptors (Lipinski definition) is 3. The zero-order chi connectivity index (χ0) is 19.6. The molecule has 7 heteroatoms. The molecule has 1 aliphatic carbocycles. The van der Waals surface area contributed by atoms with Crippen molar-refractivity contribution in [3.63, 3.8) is 0 Å². The standard InChI is InChI=1S/C20H27N3O4/c1-13(2)10-21-17(24)14-5-7-16(8-6-14)22-19(27)23-11-15-4-3-9-20(15,12-23)18(25)26/h5-8,13,15H,3-4,9-12H2,1-2H3,(H,21,24)(H,22,27)(H,25,26)/t15-,20+/m0/s1. The van der Waals surface area contributed by atoms with Gasteiger partial charge in [0.25, 0.3) is 5.91 Å². The number of urea groups is 1. The highest BCUT2D eigenvalue weighted by Crippen LogP contribution is 2.48. The van der Waals surface area contributed by atoms with Crippen LogP contribution in [0.4, 0.5) is 10.5 Å². The third kappa shape index (κ3) is 3.91. The third-order valence-electron chi connectivity index (χ3n) is 5.65. The van der Waals surface area contributed by atoms with Gasteiger partial charge in [0.05, 0.1) is 5.41 Å². The van der Waals surface area contributed by atoms with Crippen LogP contribution in [0.25, 0.3) is 0 Å². The van der Waals surface area contributed by atoms with Gasteiger partial charge in [-0.1, -0.05) is 20.3 Å². The summed E-state index contributed by atoms with van der Waals surface area (Å²) >= 11 is 0. The molecule has 3 N–H and O–H groups in total. The molecule has 3 amide bonds. The minimum atomic E-state index is -0.794. The molecule has 1 heterocycles. The minimum Gasteiger partial charge on any atom is -0.481 e. The molecular formula is C20H27N3O4. The van der Waals surface area contributed by atoms with Crippen LogP contribution in [0.1, 0.15) is 43.5 Å². The van der Waals surface area contributed by atoms with E-state index in [0.29, 0.717) is 36.7 Å². The van der Waals surface area contributed by atoms with Crippen LogP contribution in [0, 0.1) is 17.3 Å². The fourth-order valence-corrected chi connectivity index (χ4v) is 4.10. The Bertz CT molecular complexity index is 731. The van der Waals surface area contributed by atoms with Crippen LogP contribution < -0.4 is 10.6 Å². The van der Waals surface area contributed by atoms with Crippen LogP contribution in [0.5, 0.6) is 0 Å². The van der Waals surface area contributed by atoms with Crippen LogP contribution >= 0.6 is 0 Å². The van der Waals surface area contributed by atoms with Crippen molar-refractivity contribution in [2.24, 2.45) is 17.3 Å². The molecule has 0 radical (unpaired) electrons. The molecule has 1 saturated heterocycles. The number of amides is 3. The van der Waals surface area contributed by atoms with Crippen molar-refractivity contribution in [1.29, 1.82) is 0 Å². The predicted molar refractivity (Wildman–Crippen MR) is 102 cm³/mol. The second kappa shape index (κ2) is 7.58. The Labute approximate surface area is 159 Å². The van der Waals surface area contributed by atoms with Gasteiger partial charge in [0.2, 0.25) is 0 Å². The number of nitrogens with zero attached hydrogens (tertiary/aromatic N) is 1. The topological polar surface area (TPSA) is 98.7 Å². The van der Waals surface area contributed by atoms with E-state index in [9.17, 15) is 19.5 Å². The molecule has 1 saturated carbocycles. The van der Waals surface area contributed by atoms with Crippen molar-refractivity contribution in [2.75, 3.05) is 25.0 Å². The second-order valence-corrected chi connectivity index (χ2v) is 8.04. The maximum Gasteiger partial charge on any atom is 0.321 e. The summed E-state index contributed by atoms with van der Waals surface area (Å²) in [4.78, 5) is 37.9. The van der Waals surface area contributed by atoms with E-state index < -0.39 is 11.4 Å². The van der Waals surface area contributed by atoms with Crippen LogP contribution in [0.2, 0.25) is 0 Å². The van der Waals surface area contributed by atoms with Crippen molar-refractivity contribution in [2.45, 2.75) is 33.1 Å². The van der Waals surface area contributed by atoms with E-state index in [1.807, 2.05) is 13.8 Å². The smallest absolute Gasteiger partial charge is 0.321 e. The molecule has 2 fully saturated rings. The van der Waals surface area contributed by atoms with Crippen LogP contribution in [-0.2, 0) is 4.79 Å². The quantitative estimate of drug-likeness (QED) is 0.739. The largest absolute Gasteiger partial charge is 0.481 e. The Hall–Kier alpha value is -2.57. The van der Waals surface area contributed by atoms with E-state index in [-0.39, 0.29) is 24.4 Å². The van der Waals surface area contributed by atoms with Crippen LogP contribution in [-0.4, -0.2) is 47.5 Å². The predicted octanol–water partition coefficient (Wildman–Crippen LogP) is 2.79. The summed E-state index contributed by atoms with van der Waals surface area (Å²) in [6.45, 7) is 5.40. The third-order valence-corrected chi connectivity index (χ3v) is 5.65. The SMILES string of the molecule is CC(C)CNC(=O)c1ccc(NC(=O)N2C[C@@H]3CCC[C@@]3(C(=O)O)C2)cc1. The molecule has 0 bridgehead atoms. The molecule has 27 heavy (non-hydrogen) atoms.